The van der Waals surface area contributed by atoms with Gasteiger partial charge in [0.25, 0.3) is 5.91 Å². The van der Waals surface area contributed by atoms with Crippen LogP contribution in [0, 0.1) is 0 Å². The molecule has 150 valence electrons. The van der Waals surface area contributed by atoms with Crippen molar-refractivity contribution in [3.8, 4) is 0 Å². The van der Waals surface area contributed by atoms with E-state index in [1.165, 1.54) is 40.4 Å². The predicted octanol–water partition coefficient (Wildman–Crippen LogP) is 3.55. The van der Waals surface area contributed by atoms with Crippen LogP contribution >= 0.6 is 11.3 Å². The number of hydrogen-bond acceptors (Lipinski definition) is 4. The van der Waals surface area contributed by atoms with Crippen LogP contribution in [0.15, 0.2) is 41.3 Å². The topological polar surface area (TPSA) is 57.7 Å². The first-order valence-electron chi connectivity index (χ1n) is 10.0. The van der Waals surface area contributed by atoms with Gasteiger partial charge in [-0.1, -0.05) is 31.0 Å². The number of aryl methyl sites for hydroxylation is 2. The largest absolute Gasteiger partial charge is 0.335 e. The average molecular weight is 419 g/mol. The number of fused-ring (bicyclic) bond motifs is 1. The molecule has 0 saturated carbocycles. The summed E-state index contributed by atoms with van der Waals surface area (Å²) in [5, 5.41) is 0. The molecule has 0 spiro atoms. The van der Waals surface area contributed by atoms with Gasteiger partial charge in [-0.05, 0) is 49.4 Å². The van der Waals surface area contributed by atoms with E-state index in [1.54, 1.807) is 46.6 Å². The van der Waals surface area contributed by atoms with Crippen molar-refractivity contribution in [1.82, 2.24) is 9.21 Å². The number of benzene rings is 1. The van der Waals surface area contributed by atoms with Crippen molar-refractivity contribution in [2.75, 3.05) is 26.2 Å². The molecule has 1 fully saturated rings. The Morgan fingerprint density at radius 3 is 2.29 bits per heavy atom. The fourth-order valence-corrected chi connectivity index (χ4v) is 6.64. The number of thiophene rings is 1. The predicted molar refractivity (Wildman–Crippen MR) is 111 cm³/mol. The Hall–Kier alpha value is -1.70. The first-order chi connectivity index (χ1) is 13.6. The van der Waals surface area contributed by atoms with Crippen molar-refractivity contribution in [2.24, 2.45) is 0 Å². The number of carbonyl (C=O) groups is 1. The van der Waals surface area contributed by atoms with E-state index in [0.29, 0.717) is 31.1 Å². The lowest BCUT2D eigenvalue weighted by atomic mass is 10.00. The second-order valence-electron chi connectivity index (χ2n) is 7.48. The molecule has 2 aromatic rings. The maximum Gasteiger partial charge on any atom is 0.264 e. The maximum atomic E-state index is 13.0. The summed E-state index contributed by atoms with van der Waals surface area (Å²) < 4.78 is 27.0. The third-order valence-corrected chi connectivity index (χ3v) is 8.75. The van der Waals surface area contributed by atoms with Gasteiger partial charge in [0.2, 0.25) is 10.0 Å². The van der Waals surface area contributed by atoms with E-state index in [1.807, 2.05) is 0 Å². The minimum absolute atomic E-state index is 0.0495. The van der Waals surface area contributed by atoms with E-state index >= 15 is 0 Å². The first-order valence-corrected chi connectivity index (χ1v) is 12.3. The number of hydrogen-bond donors (Lipinski definition) is 0. The number of sulfonamides is 1. The standard InChI is InChI=1S/C21H26N2O3S2/c24-21(20-16-17-8-4-1-2-7-11-19(17)27-20)22-12-14-23(15-13-22)28(25,26)18-9-5-3-6-10-18/h3,5-6,9-10,16H,1-2,4,7-8,11-15H2. The van der Waals surface area contributed by atoms with Crippen LogP contribution in [-0.4, -0.2) is 49.7 Å². The van der Waals surface area contributed by atoms with E-state index in [0.717, 1.165) is 17.7 Å². The normalized spacial score (nSPS) is 18.9. The fourth-order valence-electron chi connectivity index (χ4n) is 3.98. The van der Waals surface area contributed by atoms with Gasteiger partial charge in [0, 0.05) is 31.1 Å². The molecule has 1 amide bonds. The highest BCUT2D eigenvalue weighted by molar-refractivity contribution is 7.89. The number of rotatable bonds is 3. The van der Waals surface area contributed by atoms with Crippen molar-refractivity contribution < 1.29 is 13.2 Å². The van der Waals surface area contributed by atoms with Crippen molar-refractivity contribution >= 4 is 27.3 Å². The van der Waals surface area contributed by atoms with Gasteiger partial charge in [0.05, 0.1) is 9.77 Å². The molecular formula is C21H26N2O3S2. The lowest BCUT2D eigenvalue weighted by molar-refractivity contribution is 0.0702. The summed E-state index contributed by atoms with van der Waals surface area (Å²) in [4.78, 5) is 17.3. The highest BCUT2D eigenvalue weighted by Gasteiger charge is 2.31. The molecule has 0 bridgehead atoms. The summed E-state index contributed by atoms with van der Waals surface area (Å²) in [6, 6.07) is 10.6. The van der Waals surface area contributed by atoms with Crippen LogP contribution in [0.3, 0.4) is 0 Å². The Balaban J connectivity index is 1.42. The fraction of sp³-hybridized carbons (Fsp3) is 0.476. The van der Waals surface area contributed by atoms with Crippen LogP contribution in [0.4, 0.5) is 0 Å². The number of carbonyl (C=O) groups excluding carboxylic acids is 1. The number of nitrogens with zero attached hydrogens (tertiary/aromatic N) is 2. The van der Waals surface area contributed by atoms with Crippen molar-refractivity contribution in [3.63, 3.8) is 0 Å². The van der Waals surface area contributed by atoms with Crippen LogP contribution in [0.2, 0.25) is 0 Å². The summed E-state index contributed by atoms with van der Waals surface area (Å²) in [6.45, 7) is 1.56. The van der Waals surface area contributed by atoms with Gasteiger partial charge in [-0.15, -0.1) is 11.3 Å². The maximum absolute atomic E-state index is 13.0. The molecule has 0 N–H and O–H groups in total. The van der Waals surface area contributed by atoms with Gasteiger partial charge in [-0.3, -0.25) is 4.79 Å². The van der Waals surface area contributed by atoms with Gasteiger partial charge in [0.15, 0.2) is 0 Å². The lowest BCUT2D eigenvalue weighted by Crippen LogP contribution is -2.50. The molecule has 0 unspecified atom stereocenters. The molecule has 2 aliphatic rings. The lowest BCUT2D eigenvalue weighted by Gasteiger charge is -2.33. The van der Waals surface area contributed by atoms with E-state index in [9.17, 15) is 13.2 Å². The molecule has 0 radical (unpaired) electrons. The average Bonchev–Trinajstić information content (AvgIpc) is 3.10. The van der Waals surface area contributed by atoms with E-state index < -0.39 is 10.0 Å². The van der Waals surface area contributed by atoms with E-state index in [-0.39, 0.29) is 5.91 Å². The van der Waals surface area contributed by atoms with E-state index in [2.05, 4.69) is 6.07 Å². The molecule has 5 nitrogen and oxygen atoms in total. The Morgan fingerprint density at radius 2 is 1.57 bits per heavy atom. The first kappa shape index (κ1) is 19.6. The third kappa shape index (κ3) is 4.02. The summed E-state index contributed by atoms with van der Waals surface area (Å²) in [5.74, 6) is 0.0495. The van der Waals surface area contributed by atoms with Crippen LogP contribution in [0.25, 0.3) is 0 Å². The molecule has 1 aliphatic carbocycles. The minimum Gasteiger partial charge on any atom is -0.335 e. The molecule has 7 heteroatoms. The Morgan fingerprint density at radius 1 is 0.893 bits per heavy atom. The second-order valence-corrected chi connectivity index (χ2v) is 10.6. The van der Waals surface area contributed by atoms with Gasteiger partial charge in [-0.25, -0.2) is 8.42 Å². The Labute approximate surface area is 171 Å². The summed E-state index contributed by atoms with van der Waals surface area (Å²) >= 11 is 1.64. The highest BCUT2D eigenvalue weighted by atomic mass is 32.2. The van der Waals surface area contributed by atoms with Crippen LogP contribution < -0.4 is 0 Å². The monoisotopic (exact) mass is 418 g/mol. The zero-order valence-electron chi connectivity index (χ0n) is 16.0. The summed E-state index contributed by atoms with van der Waals surface area (Å²) in [7, 11) is -3.49. The SMILES string of the molecule is O=C(c1cc2c(s1)CCCCCC2)N1CCN(S(=O)(=O)c2ccccc2)CC1. The van der Waals surface area contributed by atoms with Gasteiger partial charge in [-0.2, -0.15) is 4.31 Å². The molecule has 1 saturated heterocycles. The molecular weight excluding hydrogens is 392 g/mol. The molecule has 0 atom stereocenters. The van der Waals surface area contributed by atoms with Crippen LogP contribution in [0.1, 0.15) is 45.8 Å². The zero-order chi connectivity index (χ0) is 19.6. The molecule has 28 heavy (non-hydrogen) atoms. The van der Waals surface area contributed by atoms with Gasteiger partial charge < -0.3 is 4.90 Å². The second kappa shape index (κ2) is 8.35. The minimum atomic E-state index is -3.49. The zero-order valence-corrected chi connectivity index (χ0v) is 17.6. The number of amides is 1. The van der Waals surface area contributed by atoms with Crippen LogP contribution in [-0.2, 0) is 22.9 Å². The van der Waals surface area contributed by atoms with Crippen molar-refractivity contribution in [3.05, 3.63) is 51.7 Å². The van der Waals surface area contributed by atoms with Gasteiger partial charge >= 0.3 is 0 Å². The Bertz CT molecular complexity index is 904. The van der Waals surface area contributed by atoms with Crippen molar-refractivity contribution in [1.29, 1.82) is 0 Å². The summed E-state index contributed by atoms with van der Waals surface area (Å²) in [6.07, 6.45) is 7.11. The Kier molecular flexibility index (Phi) is 5.85. The summed E-state index contributed by atoms with van der Waals surface area (Å²) in [5.41, 5.74) is 1.35. The van der Waals surface area contributed by atoms with Crippen molar-refractivity contribution in [2.45, 2.75) is 43.4 Å². The quantitative estimate of drug-likeness (QED) is 0.766. The molecule has 2 heterocycles. The number of piperazine rings is 1. The molecule has 1 aromatic carbocycles. The van der Waals surface area contributed by atoms with Crippen LogP contribution in [0.5, 0.6) is 0 Å². The van der Waals surface area contributed by atoms with Gasteiger partial charge in [0.1, 0.15) is 0 Å². The third-order valence-electron chi connectivity index (χ3n) is 5.61. The highest BCUT2D eigenvalue weighted by Crippen LogP contribution is 2.29. The molecule has 1 aliphatic heterocycles. The molecule has 4 rings (SSSR count). The van der Waals surface area contributed by atoms with E-state index in [4.69, 9.17) is 0 Å². The smallest absolute Gasteiger partial charge is 0.264 e. The molecule has 1 aromatic heterocycles.